The average Bonchev–Trinajstić information content (AvgIpc) is 2.84. The summed E-state index contributed by atoms with van der Waals surface area (Å²) in [5.41, 5.74) is 3.61. The highest BCUT2D eigenvalue weighted by Gasteiger charge is 2.48. The fourth-order valence-corrected chi connectivity index (χ4v) is 4.72. The minimum absolute atomic E-state index is 0.00482. The molecule has 0 amide bonds. The second kappa shape index (κ2) is 4.75. The van der Waals surface area contributed by atoms with Crippen molar-refractivity contribution in [2.45, 2.75) is 44.6 Å². The molecule has 0 bridgehead atoms. The second-order valence-corrected chi connectivity index (χ2v) is 7.39. The van der Waals surface area contributed by atoms with Gasteiger partial charge in [-0.1, -0.05) is 19.1 Å². The van der Waals surface area contributed by atoms with Gasteiger partial charge >= 0.3 is 0 Å². The molecule has 0 radical (unpaired) electrons. The fraction of sp³-hybridized carbons (Fsp3) is 0.400. The smallest absolute Gasteiger partial charge is 0.115 e. The van der Waals surface area contributed by atoms with Crippen molar-refractivity contribution < 1.29 is 15.3 Å². The summed E-state index contributed by atoms with van der Waals surface area (Å²) >= 11 is 0. The third-order valence-corrected chi connectivity index (χ3v) is 5.73. The van der Waals surface area contributed by atoms with Crippen LogP contribution in [0.5, 0.6) is 11.5 Å². The quantitative estimate of drug-likeness (QED) is 0.756. The molecule has 23 heavy (non-hydrogen) atoms. The predicted molar refractivity (Wildman–Crippen MR) is 88.6 cm³/mol. The van der Waals surface area contributed by atoms with Gasteiger partial charge in [-0.15, -0.1) is 0 Å². The third kappa shape index (κ3) is 2.22. The first-order valence-corrected chi connectivity index (χ1v) is 8.29. The summed E-state index contributed by atoms with van der Waals surface area (Å²) in [7, 11) is 0. The van der Waals surface area contributed by atoms with Crippen LogP contribution in [-0.4, -0.2) is 15.3 Å². The summed E-state index contributed by atoms with van der Waals surface area (Å²) in [4.78, 5) is 0. The molecule has 4 rings (SSSR count). The molecular formula is C20H22O3. The van der Waals surface area contributed by atoms with Crippen molar-refractivity contribution in [1.29, 1.82) is 0 Å². The Morgan fingerprint density at radius 2 is 1.48 bits per heavy atom. The molecule has 2 aromatic rings. The largest absolute Gasteiger partial charge is 0.508 e. The average molecular weight is 310 g/mol. The Morgan fingerprint density at radius 3 is 2.22 bits per heavy atom. The third-order valence-electron chi connectivity index (χ3n) is 5.73. The highest BCUT2D eigenvalue weighted by Crippen LogP contribution is 2.53. The Hall–Kier alpha value is -2.00. The van der Waals surface area contributed by atoms with Gasteiger partial charge in [0.2, 0.25) is 0 Å². The van der Waals surface area contributed by atoms with E-state index in [9.17, 15) is 15.3 Å². The highest BCUT2D eigenvalue weighted by atomic mass is 16.3. The highest BCUT2D eigenvalue weighted by molar-refractivity contribution is 5.46. The molecule has 2 aliphatic carbocycles. The van der Waals surface area contributed by atoms with Crippen molar-refractivity contribution in [3.63, 3.8) is 0 Å². The van der Waals surface area contributed by atoms with E-state index in [1.807, 2.05) is 25.1 Å². The molecule has 3 N–H and O–H groups in total. The van der Waals surface area contributed by atoms with Crippen LogP contribution >= 0.6 is 0 Å². The zero-order valence-corrected chi connectivity index (χ0v) is 13.3. The van der Waals surface area contributed by atoms with Crippen LogP contribution < -0.4 is 0 Å². The lowest BCUT2D eigenvalue weighted by atomic mass is 9.63. The summed E-state index contributed by atoms with van der Waals surface area (Å²) in [6.45, 7) is 2.00. The maximum atomic E-state index is 11.3. The molecule has 0 aromatic heterocycles. The zero-order valence-electron chi connectivity index (χ0n) is 13.3. The van der Waals surface area contributed by atoms with Gasteiger partial charge in [0.1, 0.15) is 11.5 Å². The van der Waals surface area contributed by atoms with E-state index in [2.05, 4.69) is 0 Å². The first-order chi connectivity index (χ1) is 10.9. The van der Waals surface area contributed by atoms with E-state index in [0.29, 0.717) is 18.6 Å². The second-order valence-electron chi connectivity index (χ2n) is 7.39. The Labute approximate surface area is 136 Å². The van der Waals surface area contributed by atoms with Crippen molar-refractivity contribution in [2.24, 2.45) is 5.41 Å². The van der Waals surface area contributed by atoms with E-state index >= 15 is 0 Å². The van der Waals surface area contributed by atoms with Crippen LogP contribution in [-0.2, 0) is 24.9 Å². The molecule has 2 atom stereocenters. The maximum Gasteiger partial charge on any atom is 0.115 e. The van der Waals surface area contributed by atoms with Crippen molar-refractivity contribution in [3.8, 4) is 11.5 Å². The molecule has 1 spiro atoms. The van der Waals surface area contributed by atoms with E-state index in [-0.39, 0.29) is 11.2 Å². The molecule has 2 aliphatic rings. The Morgan fingerprint density at radius 1 is 0.870 bits per heavy atom. The molecule has 2 unspecified atom stereocenters. The molecule has 0 fully saturated rings. The Kier molecular flexibility index (Phi) is 3.01. The van der Waals surface area contributed by atoms with Crippen LogP contribution in [0.4, 0.5) is 0 Å². The molecule has 3 nitrogen and oxygen atoms in total. The molecule has 0 saturated heterocycles. The van der Waals surface area contributed by atoms with Crippen molar-refractivity contribution in [1.82, 2.24) is 0 Å². The molecule has 2 aromatic carbocycles. The number of rotatable bonds is 1. The zero-order chi connectivity index (χ0) is 16.2. The number of hydrogen-bond acceptors (Lipinski definition) is 3. The van der Waals surface area contributed by atoms with Gasteiger partial charge in [-0.3, -0.25) is 0 Å². The van der Waals surface area contributed by atoms with E-state index < -0.39 is 5.60 Å². The number of aliphatic hydroxyl groups is 1. The number of fused-ring (bicyclic) bond motifs is 2. The van der Waals surface area contributed by atoms with Crippen LogP contribution in [0.25, 0.3) is 0 Å². The van der Waals surface area contributed by atoms with Gasteiger partial charge in [0.25, 0.3) is 0 Å². The van der Waals surface area contributed by atoms with Gasteiger partial charge in [-0.25, -0.2) is 0 Å². The first-order valence-electron chi connectivity index (χ1n) is 8.29. The van der Waals surface area contributed by atoms with Gasteiger partial charge in [0.15, 0.2) is 0 Å². The lowest BCUT2D eigenvalue weighted by Gasteiger charge is -2.44. The number of benzene rings is 2. The van der Waals surface area contributed by atoms with E-state index in [4.69, 9.17) is 0 Å². The summed E-state index contributed by atoms with van der Waals surface area (Å²) < 4.78 is 0. The lowest BCUT2D eigenvalue weighted by molar-refractivity contribution is -0.0294. The molecule has 0 aliphatic heterocycles. The monoisotopic (exact) mass is 310 g/mol. The van der Waals surface area contributed by atoms with Crippen molar-refractivity contribution in [2.75, 3.05) is 0 Å². The molecule has 120 valence electrons. The molecular weight excluding hydrogens is 288 g/mol. The number of phenols is 2. The van der Waals surface area contributed by atoms with Crippen LogP contribution in [0.15, 0.2) is 36.4 Å². The summed E-state index contributed by atoms with van der Waals surface area (Å²) in [5, 5.41) is 30.8. The van der Waals surface area contributed by atoms with Gasteiger partial charge in [-0.2, -0.15) is 0 Å². The van der Waals surface area contributed by atoms with Crippen LogP contribution in [0.3, 0.4) is 0 Å². The SMILES string of the molecule is CCC1(O)CC2(Cc3ccc(O)cc3C2)Cc2ccc(O)cc21. The Balaban J connectivity index is 1.78. The summed E-state index contributed by atoms with van der Waals surface area (Å²) in [6, 6.07) is 11.0. The van der Waals surface area contributed by atoms with E-state index in [0.717, 1.165) is 30.4 Å². The molecule has 0 heterocycles. The number of hydrogen-bond donors (Lipinski definition) is 3. The predicted octanol–water partition coefficient (Wildman–Crippen LogP) is 3.43. The normalized spacial score (nSPS) is 28.6. The van der Waals surface area contributed by atoms with Gasteiger partial charge in [-0.05, 0) is 84.0 Å². The Bertz CT molecular complexity index is 782. The van der Waals surface area contributed by atoms with Crippen LogP contribution in [0.2, 0.25) is 0 Å². The van der Waals surface area contributed by atoms with Gasteiger partial charge < -0.3 is 15.3 Å². The summed E-state index contributed by atoms with van der Waals surface area (Å²) in [6.07, 6.45) is 4.06. The minimum atomic E-state index is -0.892. The standard InChI is InChI=1S/C20H22O3/c1-2-20(23)12-19(10-14-4-6-17(22)8-18(14)20)9-13-3-5-16(21)7-15(13)11-19/h3-8,21-23H,2,9-12H2,1H3. The lowest BCUT2D eigenvalue weighted by Crippen LogP contribution is -2.42. The first kappa shape index (κ1) is 14.6. The minimum Gasteiger partial charge on any atom is -0.508 e. The maximum absolute atomic E-state index is 11.3. The molecule has 3 heteroatoms. The van der Waals surface area contributed by atoms with Gasteiger partial charge in [0.05, 0.1) is 5.60 Å². The van der Waals surface area contributed by atoms with Gasteiger partial charge in [0, 0.05) is 0 Å². The summed E-state index contributed by atoms with van der Waals surface area (Å²) in [5.74, 6) is 0.527. The van der Waals surface area contributed by atoms with Crippen LogP contribution in [0.1, 0.15) is 42.0 Å². The van der Waals surface area contributed by atoms with Crippen molar-refractivity contribution in [3.05, 3.63) is 58.7 Å². The van der Waals surface area contributed by atoms with Crippen LogP contribution in [0, 0.1) is 5.41 Å². The number of aromatic hydroxyl groups is 2. The number of phenolic OH excluding ortho intramolecular Hbond substituents is 2. The molecule has 0 saturated carbocycles. The fourth-order valence-electron chi connectivity index (χ4n) is 4.72. The van der Waals surface area contributed by atoms with E-state index in [1.54, 1.807) is 18.2 Å². The van der Waals surface area contributed by atoms with E-state index in [1.165, 1.54) is 11.1 Å². The topological polar surface area (TPSA) is 60.7 Å². The van der Waals surface area contributed by atoms with Crippen molar-refractivity contribution >= 4 is 0 Å².